The van der Waals surface area contributed by atoms with Gasteiger partial charge in [0.25, 0.3) is 5.91 Å². The normalized spacial score (nSPS) is 17.9. The summed E-state index contributed by atoms with van der Waals surface area (Å²) in [7, 11) is 0. The second-order valence-corrected chi connectivity index (χ2v) is 8.11. The molecule has 0 saturated heterocycles. The van der Waals surface area contributed by atoms with Crippen LogP contribution in [0.1, 0.15) is 16.7 Å². The van der Waals surface area contributed by atoms with Gasteiger partial charge in [0, 0.05) is 28.6 Å². The van der Waals surface area contributed by atoms with E-state index < -0.39 is 11.5 Å². The number of fused-ring (bicyclic) bond motifs is 1. The van der Waals surface area contributed by atoms with Gasteiger partial charge in [-0.05, 0) is 53.6 Å². The summed E-state index contributed by atoms with van der Waals surface area (Å²) >= 11 is 1.42. The van der Waals surface area contributed by atoms with Gasteiger partial charge in [0.1, 0.15) is 11.6 Å². The van der Waals surface area contributed by atoms with Crippen molar-refractivity contribution in [3.63, 3.8) is 0 Å². The Labute approximate surface area is 183 Å². The maximum absolute atomic E-state index is 13.4. The third-order valence-corrected chi connectivity index (χ3v) is 6.18. The Morgan fingerprint density at radius 3 is 1.94 bits per heavy atom. The quantitative estimate of drug-likeness (QED) is 0.581. The molecule has 1 amide bonds. The number of carbonyl (C=O) groups is 1. The molecule has 0 bridgehead atoms. The van der Waals surface area contributed by atoms with E-state index in [1.54, 1.807) is 48.6 Å². The monoisotopic (exact) mass is 435 g/mol. The summed E-state index contributed by atoms with van der Waals surface area (Å²) in [4.78, 5) is 15.6. The van der Waals surface area contributed by atoms with Crippen LogP contribution in [0.15, 0.2) is 90.1 Å². The summed E-state index contributed by atoms with van der Waals surface area (Å²) in [6.45, 7) is 0. The molecule has 3 aromatic carbocycles. The van der Waals surface area contributed by atoms with Gasteiger partial charge < -0.3 is 5.11 Å². The first-order valence-corrected chi connectivity index (χ1v) is 10.6. The van der Waals surface area contributed by atoms with Crippen LogP contribution in [-0.4, -0.2) is 21.7 Å². The lowest BCUT2D eigenvalue weighted by Crippen LogP contribution is -2.43. The third kappa shape index (κ3) is 4.60. The first-order valence-electron chi connectivity index (χ1n) is 9.61. The van der Waals surface area contributed by atoms with Crippen molar-refractivity contribution in [3.8, 4) is 0 Å². The van der Waals surface area contributed by atoms with Gasteiger partial charge in [-0.1, -0.05) is 42.5 Å². The van der Waals surface area contributed by atoms with Crippen LogP contribution in [0.2, 0.25) is 0 Å². The van der Waals surface area contributed by atoms with Crippen LogP contribution < -0.4 is 0 Å². The SMILES string of the molecule is O=C(N(/C=C/c1ccc(F)cc1)/C=C/c1ccc(F)cc1)C1(O)CSc2ccccc21. The van der Waals surface area contributed by atoms with E-state index in [9.17, 15) is 18.7 Å². The molecule has 3 aromatic rings. The molecule has 0 aromatic heterocycles. The van der Waals surface area contributed by atoms with Crippen molar-refractivity contribution in [3.05, 3.63) is 114 Å². The van der Waals surface area contributed by atoms with Crippen molar-refractivity contribution in [2.75, 3.05) is 5.75 Å². The highest BCUT2D eigenvalue weighted by molar-refractivity contribution is 7.99. The van der Waals surface area contributed by atoms with Gasteiger partial charge in [0.05, 0.1) is 0 Å². The predicted molar refractivity (Wildman–Crippen MR) is 119 cm³/mol. The van der Waals surface area contributed by atoms with Crippen LogP contribution in [-0.2, 0) is 10.4 Å². The van der Waals surface area contributed by atoms with E-state index in [2.05, 4.69) is 0 Å². The number of hydrogen-bond donors (Lipinski definition) is 1. The Morgan fingerprint density at radius 1 is 0.871 bits per heavy atom. The fraction of sp³-hybridized carbons (Fsp3) is 0.0800. The van der Waals surface area contributed by atoms with Crippen molar-refractivity contribution >= 4 is 29.8 Å². The maximum Gasteiger partial charge on any atom is 0.268 e. The first-order chi connectivity index (χ1) is 15.0. The molecule has 4 rings (SSSR count). The summed E-state index contributed by atoms with van der Waals surface area (Å²) in [6, 6.07) is 19.0. The number of rotatable bonds is 5. The van der Waals surface area contributed by atoms with Gasteiger partial charge in [-0.3, -0.25) is 9.69 Å². The van der Waals surface area contributed by atoms with Crippen LogP contribution >= 0.6 is 11.8 Å². The number of benzene rings is 3. The molecule has 0 saturated carbocycles. The molecule has 0 spiro atoms. The third-order valence-electron chi connectivity index (χ3n) is 4.95. The van der Waals surface area contributed by atoms with Crippen molar-refractivity contribution in [1.29, 1.82) is 0 Å². The van der Waals surface area contributed by atoms with E-state index in [-0.39, 0.29) is 17.4 Å². The molecule has 6 heteroatoms. The lowest BCUT2D eigenvalue weighted by molar-refractivity contribution is -0.144. The second-order valence-electron chi connectivity index (χ2n) is 7.09. The standard InChI is InChI=1S/C25H19F2NO2S/c26-20-9-5-18(6-10-20)13-15-28(16-14-19-7-11-21(27)12-8-19)24(29)25(30)17-31-23-4-2-1-3-22(23)25/h1-16,30H,17H2/b15-13+,16-14+. The number of nitrogens with zero attached hydrogens (tertiary/aromatic N) is 1. The lowest BCUT2D eigenvalue weighted by atomic mass is 9.94. The average molecular weight is 435 g/mol. The Balaban J connectivity index is 1.66. The number of aliphatic hydroxyl groups is 1. The van der Waals surface area contributed by atoms with Crippen LogP contribution in [0, 0.1) is 11.6 Å². The van der Waals surface area contributed by atoms with E-state index in [0.717, 1.165) is 4.90 Å². The van der Waals surface area contributed by atoms with E-state index in [4.69, 9.17) is 0 Å². The van der Waals surface area contributed by atoms with Gasteiger partial charge in [0.15, 0.2) is 5.60 Å². The van der Waals surface area contributed by atoms with E-state index >= 15 is 0 Å². The van der Waals surface area contributed by atoms with Crippen LogP contribution in [0.3, 0.4) is 0 Å². The number of amides is 1. The van der Waals surface area contributed by atoms with Crippen molar-refractivity contribution in [2.24, 2.45) is 0 Å². The molecule has 0 aliphatic carbocycles. The largest absolute Gasteiger partial charge is 0.375 e. The highest BCUT2D eigenvalue weighted by Crippen LogP contribution is 2.43. The zero-order valence-electron chi connectivity index (χ0n) is 16.4. The van der Waals surface area contributed by atoms with Gasteiger partial charge in [-0.25, -0.2) is 8.78 Å². The maximum atomic E-state index is 13.4. The number of halogens is 2. The van der Waals surface area contributed by atoms with E-state index in [1.165, 1.54) is 53.3 Å². The lowest BCUT2D eigenvalue weighted by Gasteiger charge is -2.26. The minimum Gasteiger partial charge on any atom is -0.375 e. The minimum atomic E-state index is -1.68. The molecule has 1 aliphatic heterocycles. The van der Waals surface area contributed by atoms with E-state index in [0.29, 0.717) is 16.7 Å². The Bertz CT molecular complexity index is 1090. The van der Waals surface area contributed by atoms with Gasteiger partial charge in [-0.2, -0.15) is 0 Å². The molecule has 156 valence electrons. The fourth-order valence-electron chi connectivity index (χ4n) is 3.25. The minimum absolute atomic E-state index is 0.205. The van der Waals surface area contributed by atoms with Crippen LogP contribution in [0.25, 0.3) is 12.2 Å². The summed E-state index contributed by atoms with van der Waals surface area (Å²) in [6.07, 6.45) is 6.37. The van der Waals surface area contributed by atoms with Gasteiger partial charge >= 0.3 is 0 Å². The fourth-order valence-corrected chi connectivity index (χ4v) is 4.46. The number of carbonyl (C=O) groups excluding carboxylic acids is 1. The number of hydrogen-bond acceptors (Lipinski definition) is 3. The summed E-state index contributed by atoms with van der Waals surface area (Å²) < 4.78 is 26.4. The highest BCUT2D eigenvalue weighted by Gasteiger charge is 2.45. The van der Waals surface area contributed by atoms with Crippen molar-refractivity contribution < 1.29 is 18.7 Å². The topological polar surface area (TPSA) is 40.5 Å². The van der Waals surface area contributed by atoms with Crippen LogP contribution in [0.4, 0.5) is 8.78 Å². The predicted octanol–water partition coefficient (Wildman–Crippen LogP) is 5.43. The molecular formula is C25H19F2NO2S. The molecule has 0 radical (unpaired) electrons. The molecule has 1 aliphatic rings. The summed E-state index contributed by atoms with van der Waals surface area (Å²) in [5.74, 6) is -1.01. The first kappa shape index (κ1) is 21.0. The summed E-state index contributed by atoms with van der Waals surface area (Å²) in [5, 5.41) is 11.3. The molecule has 1 heterocycles. The molecule has 0 fully saturated rings. The zero-order chi connectivity index (χ0) is 21.8. The zero-order valence-corrected chi connectivity index (χ0v) is 17.2. The molecular weight excluding hydrogens is 416 g/mol. The van der Waals surface area contributed by atoms with Crippen molar-refractivity contribution in [1.82, 2.24) is 4.90 Å². The highest BCUT2D eigenvalue weighted by atomic mass is 32.2. The Kier molecular flexibility index (Phi) is 6.02. The molecule has 31 heavy (non-hydrogen) atoms. The van der Waals surface area contributed by atoms with Gasteiger partial charge in [0.2, 0.25) is 0 Å². The molecule has 1 unspecified atom stereocenters. The smallest absolute Gasteiger partial charge is 0.268 e. The van der Waals surface area contributed by atoms with Crippen LogP contribution in [0.5, 0.6) is 0 Å². The van der Waals surface area contributed by atoms with E-state index in [1.807, 2.05) is 12.1 Å². The summed E-state index contributed by atoms with van der Waals surface area (Å²) in [5.41, 5.74) is 0.284. The van der Waals surface area contributed by atoms with Gasteiger partial charge in [-0.15, -0.1) is 11.8 Å². The number of thioether (sulfide) groups is 1. The Hall–Kier alpha value is -3.22. The Morgan fingerprint density at radius 2 is 1.39 bits per heavy atom. The molecule has 1 atom stereocenters. The molecule has 3 nitrogen and oxygen atoms in total. The molecule has 1 N–H and O–H groups in total. The van der Waals surface area contributed by atoms with Crippen molar-refractivity contribution in [2.45, 2.75) is 10.5 Å². The average Bonchev–Trinajstić information content (AvgIpc) is 3.14. The second kappa shape index (κ2) is 8.88.